The van der Waals surface area contributed by atoms with Gasteiger partial charge in [-0.25, -0.2) is 4.98 Å². The molecule has 0 aliphatic carbocycles. The number of hydrogen-bond donors (Lipinski definition) is 0. The molecule has 157 valence electrons. The van der Waals surface area contributed by atoms with Crippen molar-refractivity contribution in [2.45, 2.75) is 65.1 Å². The number of benzene rings is 1. The molecule has 0 saturated heterocycles. The highest BCUT2D eigenvalue weighted by atomic mass is 16.5. The van der Waals surface area contributed by atoms with Gasteiger partial charge in [-0.2, -0.15) is 0 Å². The summed E-state index contributed by atoms with van der Waals surface area (Å²) in [7, 11) is 0. The van der Waals surface area contributed by atoms with E-state index in [-0.39, 0.29) is 24.5 Å². The average Bonchev–Trinajstić information content (AvgIpc) is 3.08. The Kier molecular flexibility index (Phi) is 8.58. The minimum absolute atomic E-state index is 0.0825. The van der Waals surface area contributed by atoms with Gasteiger partial charge in [-0.3, -0.25) is 9.59 Å². The summed E-state index contributed by atoms with van der Waals surface area (Å²) in [4.78, 5) is 30.5. The lowest BCUT2D eigenvalue weighted by Crippen LogP contribution is -2.46. The van der Waals surface area contributed by atoms with Gasteiger partial charge in [0.25, 0.3) is 0 Å². The normalized spacial score (nSPS) is 12.6. The van der Waals surface area contributed by atoms with Gasteiger partial charge in [0.1, 0.15) is 11.9 Å². The molecule has 1 heterocycles. The smallest absolute Gasteiger partial charge is 0.227 e. The SMILES string of the molecule is Cc1nccn1CCCCN(C(=O)Cc1ccccc1)[C@H]([C]=O)COC(C)(C)C. The molecule has 0 saturated carbocycles. The maximum absolute atomic E-state index is 13.0. The largest absolute Gasteiger partial charge is 0.373 e. The molecule has 29 heavy (non-hydrogen) atoms. The van der Waals surface area contributed by atoms with Crippen molar-refractivity contribution in [2.75, 3.05) is 13.2 Å². The summed E-state index contributed by atoms with van der Waals surface area (Å²) in [5.74, 6) is 0.889. The number of nitrogens with zero attached hydrogens (tertiary/aromatic N) is 3. The summed E-state index contributed by atoms with van der Waals surface area (Å²) < 4.78 is 7.86. The number of rotatable bonds is 11. The van der Waals surface area contributed by atoms with Gasteiger partial charge in [0.05, 0.1) is 18.6 Å². The number of aromatic nitrogens is 2. The second-order valence-corrected chi connectivity index (χ2v) is 8.18. The molecular weight excluding hydrogens is 366 g/mol. The van der Waals surface area contributed by atoms with E-state index in [0.717, 1.165) is 30.8 Å². The van der Waals surface area contributed by atoms with Crippen LogP contribution in [0.3, 0.4) is 0 Å². The van der Waals surface area contributed by atoms with Crippen LogP contribution in [-0.4, -0.2) is 51.4 Å². The summed E-state index contributed by atoms with van der Waals surface area (Å²) in [5.41, 5.74) is 0.542. The third kappa shape index (κ3) is 7.81. The van der Waals surface area contributed by atoms with Crippen molar-refractivity contribution in [1.29, 1.82) is 0 Å². The molecule has 2 rings (SSSR count). The maximum Gasteiger partial charge on any atom is 0.227 e. The van der Waals surface area contributed by atoms with Crippen LogP contribution in [0.1, 0.15) is 45.0 Å². The van der Waals surface area contributed by atoms with E-state index in [1.165, 1.54) is 0 Å². The minimum atomic E-state index is -0.708. The van der Waals surface area contributed by atoms with E-state index in [2.05, 4.69) is 9.55 Å². The third-order valence-corrected chi connectivity index (χ3v) is 4.68. The molecule has 0 aliphatic heterocycles. The molecule has 0 N–H and O–H groups in total. The third-order valence-electron chi connectivity index (χ3n) is 4.68. The van der Waals surface area contributed by atoms with Crippen molar-refractivity contribution in [3.05, 3.63) is 54.1 Å². The molecule has 1 aromatic heterocycles. The number of aryl methyl sites for hydroxylation is 2. The number of amides is 1. The monoisotopic (exact) mass is 398 g/mol. The van der Waals surface area contributed by atoms with Crippen LogP contribution >= 0.6 is 0 Å². The summed E-state index contributed by atoms with van der Waals surface area (Å²) in [5, 5.41) is 0. The topological polar surface area (TPSA) is 64.4 Å². The predicted octanol–water partition coefficient (Wildman–Crippen LogP) is 3.34. The molecule has 6 heteroatoms. The zero-order valence-electron chi connectivity index (χ0n) is 17.9. The molecule has 0 bridgehead atoms. The zero-order chi connectivity index (χ0) is 21.3. The Hall–Kier alpha value is -2.47. The Labute approximate surface area is 173 Å². The van der Waals surface area contributed by atoms with E-state index in [9.17, 15) is 9.59 Å². The lowest BCUT2D eigenvalue weighted by Gasteiger charge is -2.30. The first-order valence-corrected chi connectivity index (χ1v) is 10.1. The highest BCUT2D eigenvalue weighted by Gasteiger charge is 2.26. The van der Waals surface area contributed by atoms with Crippen LogP contribution in [0.5, 0.6) is 0 Å². The Morgan fingerprint density at radius 1 is 1.24 bits per heavy atom. The predicted molar refractivity (Wildman–Crippen MR) is 113 cm³/mol. The molecule has 2 aromatic rings. The molecule has 0 aliphatic rings. The van der Waals surface area contributed by atoms with E-state index in [1.807, 2.05) is 70.5 Å². The highest BCUT2D eigenvalue weighted by Crippen LogP contribution is 2.13. The fraction of sp³-hybridized carbons (Fsp3) is 0.522. The lowest BCUT2D eigenvalue weighted by molar-refractivity contribution is -0.134. The van der Waals surface area contributed by atoms with Gasteiger partial charge >= 0.3 is 0 Å². The molecule has 1 atom stereocenters. The Bertz CT molecular complexity index is 765. The zero-order valence-corrected chi connectivity index (χ0v) is 17.9. The second kappa shape index (κ2) is 10.9. The van der Waals surface area contributed by atoms with E-state index < -0.39 is 6.04 Å². The standard InChI is InChI=1S/C23H32N3O3/c1-19-24-12-15-25(19)13-8-9-14-26(21(17-27)18-29-23(2,3)4)22(28)16-20-10-6-5-7-11-20/h5-7,10-12,15,21H,8-9,13-14,16,18H2,1-4H3/t21-/m1/s1. The number of imidazole rings is 1. The summed E-state index contributed by atoms with van der Waals surface area (Å²) in [6.45, 7) is 9.23. The van der Waals surface area contributed by atoms with Gasteiger partial charge in [0.2, 0.25) is 12.2 Å². The molecule has 0 unspecified atom stereocenters. The van der Waals surface area contributed by atoms with Gasteiger partial charge in [-0.05, 0) is 46.1 Å². The van der Waals surface area contributed by atoms with Gasteiger partial charge in [0, 0.05) is 25.5 Å². The Morgan fingerprint density at radius 3 is 2.55 bits per heavy atom. The number of carbonyl (C=O) groups excluding carboxylic acids is 2. The number of hydrogen-bond acceptors (Lipinski definition) is 4. The average molecular weight is 399 g/mol. The van der Waals surface area contributed by atoms with Crippen LogP contribution in [0.15, 0.2) is 42.7 Å². The van der Waals surface area contributed by atoms with Crippen LogP contribution < -0.4 is 0 Å². The van der Waals surface area contributed by atoms with Crippen molar-refractivity contribution in [1.82, 2.24) is 14.5 Å². The summed E-state index contributed by atoms with van der Waals surface area (Å²) >= 11 is 0. The van der Waals surface area contributed by atoms with Crippen molar-refractivity contribution in [3.63, 3.8) is 0 Å². The lowest BCUT2D eigenvalue weighted by atomic mass is 10.1. The van der Waals surface area contributed by atoms with Crippen molar-refractivity contribution in [3.8, 4) is 0 Å². The van der Waals surface area contributed by atoms with Crippen molar-refractivity contribution < 1.29 is 14.3 Å². The number of ether oxygens (including phenoxy) is 1. The maximum atomic E-state index is 13.0. The minimum Gasteiger partial charge on any atom is -0.373 e. The van der Waals surface area contributed by atoms with Crippen molar-refractivity contribution in [2.24, 2.45) is 0 Å². The van der Waals surface area contributed by atoms with Gasteiger partial charge in [-0.15, -0.1) is 0 Å². The number of unbranched alkanes of at least 4 members (excludes halogenated alkanes) is 1. The van der Waals surface area contributed by atoms with Gasteiger partial charge in [0.15, 0.2) is 0 Å². The second-order valence-electron chi connectivity index (χ2n) is 8.18. The first-order valence-electron chi connectivity index (χ1n) is 10.1. The van der Waals surface area contributed by atoms with E-state index in [4.69, 9.17) is 4.74 Å². The van der Waals surface area contributed by atoms with E-state index in [0.29, 0.717) is 6.54 Å². The number of carbonyl (C=O) groups is 1. The molecular formula is C23H32N3O3. The molecule has 1 amide bonds. The molecule has 1 radical (unpaired) electrons. The van der Waals surface area contributed by atoms with Crippen LogP contribution in [0.4, 0.5) is 0 Å². The molecule has 0 fully saturated rings. The van der Waals surface area contributed by atoms with E-state index in [1.54, 1.807) is 11.1 Å². The summed E-state index contributed by atoms with van der Waals surface area (Å²) in [6, 6.07) is 8.87. The Balaban J connectivity index is 2.01. The first-order chi connectivity index (χ1) is 13.8. The first kappa shape index (κ1) is 22.8. The van der Waals surface area contributed by atoms with Gasteiger partial charge in [-0.1, -0.05) is 30.3 Å². The van der Waals surface area contributed by atoms with Crippen LogP contribution in [-0.2, 0) is 27.3 Å². The summed E-state index contributed by atoms with van der Waals surface area (Å²) in [6.07, 6.45) is 7.68. The van der Waals surface area contributed by atoms with Crippen molar-refractivity contribution >= 4 is 12.2 Å². The van der Waals surface area contributed by atoms with Crippen LogP contribution in [0.25, 0.3) is 0 Å². The van der Waals surface area contributed by atoms with E-state index >= 15 is 0 Å². The van der Waals surface area contributed by atoms with Crippen LogP contribution in [0.2, 0.25) is 0 Å². The quantitative estimate of drug-likeness (QED) is 0.545. The highest BCUT2D eigenvalue weighted by molar-refractivity contribution is 5.82. The Morgan fingerprint density at radius 2 is 1.97 bits per heavy atom. The van der Waals surface area contributed by atoms with Crippen LogP contribution in [0, 0.1) is 6.92 Å². The molecule has 0 spiro atoms. The molecule has 1 aromatic carbocycles. The molecule has 6 nitrogen and oxygen atoms in total. The fourth-order valence-electron chi connectivity index (χ4n) is 3.05. The van der Waals surface area contributed by atoms with Gasteiger partial charge < -0.3 is 14.2 Å². The fourth-order valence-corrected chi connectivity index (χ4v) is 3.05.